The van der Waals surface area contributed by atoms with Crippen LogP contribution in [0.15, 0.2) is 34.6 Å². The largest absolute Gasteiger partial charge is 0.480 e. The number of ether oxygens (including phenoxy) is 1. The number of nitrogens with zero attached hydrogens (tertiary/aromatic N) is 2. The maximum absolute atomic E-state index is 13.3. The Balaban J connectivity index is 1.86. The van der Waals surface area contributed by atoms with Crippen LogP contribution in [-0.4, -0.2) is 56.3 Å². The van der Waals surface area contributed by atoms with E-state index in [0.717, 1.165) is 34.1 Å². The molecular weight excluding hydrogens is 495 g/mol. The van der Waals surface area contributed by atoms with Crippen LogP contribution in [0.3, 0.4) is 0 Å². The maximum atomic E-state index is 13.3. The second kappa shape index (κ2) is 10.5. The van der Waals surface area contributed by atoms with E-state index in [-0.39, 0.29) is 37.9 Å². The summed E-state index contributed by atoms with van der Waals surface area (Å²) in [6.07, 6.45) is 0. The molecule has 0 aliphatic carbocycles. The van der Waals surface area contributed by atoms with Gasteiger partial charge < -0.3 is 15.2 Å². The summed E-state index contributed by atoms with van der Waals surface area (Å²) >= 11 is 6.80. The Labute approximate surface area is 199 Å². The van der Waals surface area contributed by atoms with Crippen molar-refractivity contribution in [2.24, 2.45) is 0 Å². The van der Waals surface area contributed by atoms with Crippen molar-refractivity contribution in [1.29, 1.82) is 0 Å². The number of aromatic nitrogens is 1. The highest BCUT2D eigenvalue weighted by molar-refractivity contribution is 8.26. The highest BCUT2D eigenvalue weighted by Gasteiger charge is 2.38. The Bertz CT molecular complexity index is 1180. The number of halogens is 1. The summed E-state index contributed by atoms with van der Waals surface area (Å²) in [6, 6.07) is 4.58. The molecule has 3 rings (SSSR count). The average Bonchev–Trinajstić information content (AvgIpc) is 3.28. The first-order valence-electron chi connectivity index (χ1n) is 9.16. The average molecular weight is 511 g/mol. The van der Waals surface area contributed by atoms with Crippen LogP contribution in [0.5, 0.6) is 0 Å². The van der Waals surface area contributed by atoms with E-state index in [1.807, 2.05) is 0 Å². The fourth-order valence-corrected chi connectivity index (χ4v) is 4.62. The van der Waals surface area contributed by atoms with Crippen molar-refractivity contribution < 1.29 is 33.4 Å². The first-order valence-corrected chi connectivity index (χ1v) is 11.3. The third-order valence-corrected chi connectivity index (χ3v) is 6.12. The van der Waals surface area contributed by atoms with E-state index in [1.165, 1.54) is 23.6 Å². The maximum Gasteiger partial charge on any atom is 0.341 e. The van der Waals surface area contributed by atoms with Crippen molar-refractivity contribution in [3.63, 3.8) is 0 Å². The Morgan fingerprint density at radius 2 is 2.06 bits per heavy atom. The molecule has 10 nitrogen and oxygen atoms in total. The van der Waals surface area contributed by atoms with Crippen LogP contribution in [0.2, 0.25) is 0 Å². The zero-order chi connectivity index (χ0) is 24.1. The predicted molar refractivity (Wildman–Crippen MR) is 124 cm³/mol. The molecule has 1 saturated heterocycles. The number of thiazole rings is 1. The van der Waals surface area contributed by atoms with Gasteiger partial charge >= 0.3 is 18.0 Å². The lowest BCUT2D eigenvalue weighted by molar-refractivity contribution is -0.140. The number of urea groups is 1. The van der Waals surface area contributed by atoms with E-state index in [4.69, 9.17) is 22.1 Å². The van der Waals surface area contributed by atoms with Crippen molar-refractivity contribution in [3.05, 3.63) is 46.1 Å². The second-order valence-corrected chi connectivity index (χ2v) is 8.71. The summed E-state index contributed by atoms with van der Waals surface area (Å²) in [6.45, 7) is 0.938. The van der Waals surface area contributed by atoms with Crippen LogP contribution in [0.25, 0.3) is 5.57 Å². The molecule has 0 spiro atoms. The number of hydrogen-bond donors (Lipinski definition) is 3. The first-order chi connectivity index (χ1) is 15.7. The standard InChI is InChI=1S/C19H15FN4O6S3/c1-2-30-16(28)13(14-15(27)24(7-12(25)26)19(31)33-14)11-8-32-18(22-11)23-17(29)21-10-5-3-4-9(20)6-10/h3-6,8H,2,7H2,1H3,(H,25,26)(H2,21,22,23,29). The molecule has 14 heteroatoms. The third kappa shape index (κ3) is 5.91. The summed E-state index contributed by atoms with van der Waals surface area (Å²) < 4.78 is 18.3. The Morgan fingerprint density at radius 1 is 1.30 bits per heavy atom. The van der Waals surface area contributed by atoms with Gasteiger partial charge in [0.05, 0.1) is 17.2 Å². The van der Waals surface area contributed by atoms with Gasteiger partial charge in [0.1, 0.15) is 22.3 Å². The van der Waals surface area contributed by atoms with Gasteiger partial charge in [-0.15, -0.1) is 11.3 Å². The molecule has 0 unspecified atom stereocenters. The number of amides is 3. The number of rotatable bonds is 7. The summed E-state index contributed by atoms with van der Waals surface area (Å²) in [5.41, 5.74) is 0.0610. The minimum absolute atomic E-state index is 0.0169. The number of thioether (sulfide) groups is 1. The minimum atomic E-state index is -1.27. The van der Waals surface area contributed by atoms with Gasteiger partial charge in [-0.3, -0.25) is 19.8 Å². The molecule has 172 valence electrons. The number of nitrogens with one attached hydrogen (secondary N) is 2. The molecule has 33 heavy (non-hydrogen) atoms. The van der Waals surface area contributed by atoms with Gasteiger partial charge in [-0.25, -0.2) is 19.0 Å². The highest BCUT2D eigenvalue weighted by atomic mass is 32.2. The van der Waals surface area contributed by atoms with E-state index < -0.39 is 36.2 Å². The number of hydrogen-bond acceptors (Lipinski definition) is 9. The number of carboxylic acids is 1. The van der Waals surface area contributed by atoms with Gasteiger partial charge in [-0.05, 0) is 25.1 Å². The van der Waals surface area contributed by atoms with E-state index in [2.05, 4.69) is 15.6 Å². The molecule has 1 aliphatic heterocycles. The Hall–Kier alpha value is -3.36. The summed E-state index contributed by atoms with van der Waals surface area (Å²) in [7, 11) is 0. The molecular formula is C19H15FN4O6S3. The molecule has 1 aliphatic rings. The molecule has 0 bridgehead atoms. The monoisotopic (exact) mass is 510 g/mol. The van der Waals surface area contributed by atoms with E-state index in [9.17, 15) is 23.6 Å². The fourth-order valence-electron chi connectivity index (χ4n) is 2.61. The van der Waals surface area contributed by atoms with Crippen LogP contribution in [0.4, 0.5) is 20.0 Å². The van der Waals surface area contributed by atoms with E-state index in [1.54, 1.807) is 6.92 Å². The third-order valence-electron chi connectivity index (χ3n) is 3.91. The molecule has 3 N–H and O–H groups in total. The van der Waals surface area contributed by atoms with Gasteiger partial charge in [0.15, 0.2) is 5.13 Å². The van der Waals surface area contributed by atoms with Gasteiger partial charge in [0.25, 0.3) is 5.91 Å². The van der Waals surface area contributed by atoms with Gasteiger partial charge in [-0.2, -0.15) is 0 Å². The van der Waals surface area contributed by atoms with Crippen molar-refractivity contribution >= 4 is 79.9 Å². The smallest absolute Gasteiger partial charge is 0.341 e. The number of benzene rings is 1. The van der Waals surface area contributed by atoms with Crippen molar-refractivity contribution in [3.8, 4) is 0 Å². The number of carbonyl (C=O) groups excluding carboxylic acids is 3. The molecule has 3 amide bonds. The fraction of sp³-hybridized carbons (Fsp3) is 0.158. The van der Waals surface area contributed by atoms with E-state index in [0.29, 0.717) is 0 Å². The molecule has 1 fully saturated rings. The molecule has 0 saturated carbocycles. The lowest BCUT2D eigenvalue weighted by Crippen LogP contribution is -2.33. The Kier molecular flexibility index (Phi) is 7.73. The van der Waals surface area contributed by atoms with Crippen LogP contribution in [0.1, 0.15) is 12.6 Å². The zero-order valence-electron chi connectivity index (χ0n) is 16.8. The normalized spacial score (nSPS) is 14.8. The molecule has 1 aromatic heterocycles. The van der Waals surface area contributed by atoms with Gasteiger partial charge in [0, 0.05) is 11.1 Å². The molecule has 2 heterocycles. The lowest BCUT2D eigenvalue weighted by Gasteiger charge is -2.11. The minimum Gasteiger partial charge on any atom is -0.480 e. The number of aliphatic carboxylic acids is 1. The SMILES string of the molecule is CCOC(=O)C(=C1SC(=S)N(CC(=O)O)C1=O)c1csc(NC(=O)Nc2cccc(F)c2)n1. The highest BCUT2D eigenvalue weighted by Crippen LogP contribution is 2.38. The predicted octanol–water partition coefficient (Wildman–Crippen LogP) is 3.15. The summed E-state index contributed by atoms with van der Waals surface area (Å²) in [4.78, 5) is 53.5. The first kappa shape index (κ1) is 24.3. The lowest BCUT2D eigenvalue weighted by atomic mass is 10.2. The van der Waals surface area contributed by atoms with Crippen LogP contribution < -0.4 is 10.6 Å². The Morgan fingerprint density at radius 3 is 2.73 bits per heavy atom. The van der Waals surface area contributed by atoms with Crippen LogP contribution in [0, 0.1) is 5.82 Å². The zero-order valence-corrected chi connectivity index (χ0v) is 19.2. The molecule has 2 aromatic rings. The number of anilines is 2. The van der Waals surface area contributed by atoms with Crippen molar-refractivity contribution in [2.45, 2.75) is 6.92 Å². The summed E-state index contributed by atoms with van der Waals surface area (Å²) in [5, 5.41) is 15.4. The second-order valence-electron chi connectivity index (χ2n) is 6.20. The molecule has 1 aromatic carbocycles. The van der Waals surface area contributed by atoms with Gasteiger partial charge in [0.2, 0.25) is 0 Å². The van der Waals surface area contributed by atoms with Crippen molar-refractivity contribution in [1.82, 2.24) is 9.88 Å². The van der Waals surface area contributed by atoms with Crippen molar-refractivity contribution in [2.75, 3.05) is 23.8 Å². The number of carboxylic acid groups (broad SMARTS) is 1. The number of carbonyl (C=O) groups is 4. The van der Waals surface area contributed by atoms with Gasteiger partial charge in [-0.1, -0.05) is 30.0 Å². The van der Waals surface area contributed by atoms with Crippen LogP contribution in [-0.2, 0) is 19.1 Å². The van der Waals surface area contributed by atoms with E-state index >= 15 is 0 Å². The van der Waals surface area contributed by atoms with Crippen LogP contribution >= 0.6 is 35.3 Å². The summed E-state index contributed by atoms with van der Waals surface area (Å²) in [5.74, 6) is -3.41. The molecule has 0 atom stereocenters. The topological polar surface area (TPSA) is 138 Å². The quantitative estimate of drug-likeness (QED) is 0.291. The molecule has 0 radical (unpaired) electrons. The number of esters is 1. The number of thiocarbonyl (C=S) groups is 1.